The van der Waals surface area contributed by atoms with Gasteiger partial charge in [-0.3, -0.25) is 4.79 Å². The summed E-state index contributed by atoms with van der Waals surface area (Å²) in [7, 11) is 0. The van der Waals surface area contributed by atoms with Gasteiger partial charge in [-0.1, -0.05) is 12.1 Å². The molecule has 1 aliphatic rings. The Morgan fingerprint density at radius 1 is 1.32 bits per heavy atom. The number of piperidine rings is 1. The third-order valence-electron chi connectivity index (χ3n) is 3.69. The van der Waals surface area contributed by atoms with Gasteiger partial charge < -0.3 is 15.1 Å². The van der Waals surface area contributed by atoms with E-state index in [9.17, 15) is 4.79 Å². The molecule has 2 N–H and O–H groups in total. The van der Waals surface area contributed by atoms with Crippen molar-refractivity contribution in [1.82, 2.24) is 5.32 Å². The zero-order valence-electron chi connectivity index (χ0n) is 10.8. The Morgan fingerprint density at radius 3 is 2.95 bits per heavy atom. The van der Waals surface area contributed by atoms with Crippen LogP contribution in [0.2, 0.25) is 0 Å². The highest BCUT2D eigenvalue weighted by molar-refractivity contribution is 6.00. The smallest absolute Gasteiger partial charge is 0.224 e. The van der Waals surface area contributed by atoms with Gasteiger partial charge in [0.1, 0.15) is 11.8 Å². The minimum Gasteiger partial charge on any atom is -0.462 e. The quantitative estimate of drug-likeness (QED) is 0.890. The second-order valence-corrected chi connectivity index (χ2v) is 5.09. The lowest BCUT2D eigenvalue weighted by atomic mass is 9.94. The maximum atomic E-state index is 12.0. The van der Waals surface area contributed by atoms with Crippen molar-refractivity contribution in [1.29, 1.82) is 0 Å². The second kappa shape index (κ2) is 5.45. The SMILES string of the molecule is O=C(CC1CCNCC1)Nc1coc2ccccc12. The highest BCUT2D eigenvalue weighted by Gasteiger charge is 2.17. The van der Waals surface area contributed by atoms with Crippen molar-refractivity contribution in [2.45, 2.75) is 19.3 Å². The van der Waals surface area contributed by atoms with Crippen molar-refractivity contribution in [3.05, 3.63) is 30.5 Å². The molecular formula is C15H18N2O2. The maximum absolute atomic E-state index is 12.0. The van der Waals surface area contributed by atoms with Crippen LogP contribution < -0.4 is 10.6 Å². The Kier molecular flexibility index (Phi) is 3.51. The molecule has 3 rings (SSSR count). The summed E-state index contributed by atoms with van der Waals surface area (Å²) < 4.78 is 5.42. The summed E-state index contributed by atoms with van der Waals surface area (Å²) in [6, 6.07) is 7.73. The Bertz CT molecular complexity index is 570. The molecule has 4 heteroatoms. The van der Waals surface area contributed by atoms with E-state index in [0.717, 1.165) is 42.6 Å². The highest BCUT2D eigenvalue weighted by atomic mass is 16.3. The van der Waals surface area contributed by atoms with Crippen LogP contribution in [0.15, 0.2) is 34.9 Å². The molecule has 1 aliphatic heterocycles. The number of amides is 1. The molecule has 1 aromatic heterocycles. The van der Waals surface area contributed by atoms with Crippen LogP contribution in [-0.4, -0.2) is 19.0 Å². The predicted octanol–water partition coefficient (Wildman–Crippen LogP) is 2.76. The largest absolute Gasteiger partial charge is 0.462 e. The molecule has 1 saturated heterocycles. The monoisotopic (exact) mass is 258 g/mol. The van der Waals surface area contributed by atoms with E-state index in [1.54, 1.807) is 6.26 Å². The van der Waals surface area contributed by atoms with E-state index in [2.05, 4.69) is 10.6 Å². The molecule has 0 unspecified atom stereocenters. The Morgan fingerprint density at radius 2 is 2.11 bits per heavy atom. The predicted molar refractivity (Wildman–Crippen MR) is 75.1 cm³/mol. The number of carbonyl (C=O) groups is 1. The van der Waals surface area contributed by atoms with Crippen LogP contribution in [0, 0.1) is 5.92 Å². The zero-order chi connectivity index (χ0) is 13.1. The van der Waals surface area contributed by atoms with Crippen molar-refractivity contribution in [2.75, 3.05) is 18.4 Å². The molecule has 0 spiro atoms. The molecule has 1 fully saturated rings. The van der Waals surface area contributed by atoms with Crippen LogP contribution in [0.4, 0.5) is 5.69 Å². The summed E-state index contributed by atoms with van der Waals surface area (Å²) >= 11 is 0. The van der Waals surface area contributed by atoms with Gasteiger partial charge in [0.05, 0.1) is 5.69 Å². The van der Waals surface area contributed by atoms with E-state index in [0.29, 0.717) is 12.3 Å². The van der Waals surface area contributed by atoms with Gasteiger partial charge in [-0.2, -0.15) is 0 Å². The molecular weight excluding hydrogens is 240 g/mol. The Labute approximate surface area is 112 Å². The molecule has 0 saturated carbocycles. The topological polar surface area (TPSA) is 54.3 Å². The molecule has 19 heavy (non-hydrogen) atoms. The fourth-order valence-electron chi connectivity index (χ4n) is 2.62. The van der Waals surface area contributed by atoms with Crippen LogP contribution in [0.3, 0.4) is 0 Å². The number of furan rings is 1. The number of para-hydroxylation sites is 1. The molecule has 0 atom stereocenters. The van der Waals surface area contributed by atoms with Crippen molar-refractivity contribution in [3.8, 4) is 0 Å². The summed E-state index contributed by atoms with van der Waals surface area (Å²) in [5, 5.41) is 7.23. The third-order valence-corrected chi connectivity index (χ3v) is 3.69. The number of anilines is 1. The number of fused-ring (bicyclic) bond motifs is 1. The van der Waals surface area contributed by atoms with Crippen LogP contribution in [-0.2, 0) is 4.79 Å². The van der Waals surface area contributed by atoms with Crippen LogP contribution in [0.1, 0.15) is 19.3 Å². The number of benzene rings is 1. The first-order chi connectivity index (χ1) is 9.33. The van der Waals surface area contributed by atoms with Gasteiger partial charge in [-0.15, -0.1) is 0 Å². The molecule has 0 radical (unpaired) electrons. The van der Waals surface area contributed by atoms with Crippen LogP contribution in [0.25, 0.3) is 11.0 Å². The molecule has 2 heterocycles. The van der Waals surface area contributed by atoms with Crippen LogP contribution >= 0.6 is 0 Å². The molecule has 2 aromatic rings. The van der Waals surface area contributed by atoms with Crippen molar-refractivity contribution in [3.63, 3.8) is 0 Å². The van der Waals surface area contributed by atoms with Gasteiger partial charge in [0.15, 0.2) is 0 Å². The zero-order valence-corrected chi connectivity index (χ0v) is 10.8. The van der Waals surface area contributed by atoms with E-state index >= 15 is 0 Å². The second-order valence-electron chi connectivity index (χ2n) is 5.09. The van der Waals surface area contributed by atoms with Crippen LogP contribution in [0.5, 0.6) is 0 Å². The van der Waals surface area contributed by atoms with Gasteiger partial charge in [-0.05, 0) is 44.0 Å². The molecule has 0 bridgehead atoms. The number of carbonyl (C=O) groups excluding carboxylic acids is 1. The fourth-order valence-corrected chi connectivity index (χ4v) is 2.62. The Hall–Kier alpha value is -1.81. The number of rotatable bonds is 3. The summed E-state index contributed by atoms with van der Waals surface area (Å²) in [6.45, 7) is 2.04. The first-order valence-corrected chi connectivity index (χ1v) is 6.80. The van der Waals surface area contributed by atoms with Gasteiger partial charge >= 0.3 is 0 Å². The molecule has 1 amide bonds. The molecule has 0 aliphatic carbocycles. The first-order valence-electron chi connectivity index (χ1n) is 6.80. The molecule has 100 valence electrons. The summed E-state index contributed by atoms with van der Waals surface area (Å²) in [5.41, 5.74) is 1.58. The first kappa shape index (κ1) is 12.2. The number of nitrogens with one attached hydrogen (secondary N) is 2. The number of hydrogen-bond acceptors (Lipinski definition) is 3. The summed E-state index contributed by atoms with van der Waals surface area (Å²) in [4.78, 5) is 12.0. The van der Waals surface area contributed by atoms with Crippen molar-refractivity contribution >= 4 is 22.6 Å². The lowest BCUT2D eigenvalue weighted by Gasteiger charge is -2.21. The van der Waals surface area contributed by atoms with E-state index < -0.39 is 0 Å². The Balaban J connectivity index is 1.65. The summed E-state index contributed by atoms with van der Waals surface area (Å²) in [6.07, 6.45) is 4.38. The van der Waals surface area contributed by atoms with Gasteiger partial charge in [0.2, 0.25) is 5.91 Å². The lowest BCUT2D eigenvalue weighted by molar-refractivity contribution is -0.117. The molecule has 4 nitrogen and oxygen atoms in total. The minimum atomic E-state index is 0.0819. The molecule has 1 aromatic carbocycles. The lowest BCUT2D eigenvalue weighted by Crippen LogP contribution is -2.30. The van der Waals surface area contributed by atoms with Crippen molar-refractivity contribution in [2.24, 2.45) is 5.92 Å². The average Bonchev–Trinajstić information content (AvgIpc) is 2.83. The fraction of sp³-hybridized carbons (Fsp3) is 0.400. The van der Waals surface area contributed by atoms with E-state index in [-0.39, 0.29) is 5.91 Å². The highest BCUT2D eigenvalue weighted by Crippen LogP contribution is 2.26. The van der Waals surface area contributed by atoms with Gasteiger partial charge in [-0.25, -0.2) is 0 Å². The van der Waals surface area contributed by atoms with Crippen molar-refractivity contribution < 1.29 is 9.21 Å². The maximum Gasteiger partial charge on any atom is 0.224 e. The third kappa shape index (κ3) is 2.79. The van der Waals surface area contributed by atoms with E-state index in [4.69, 9.17) is 4.42 Å². The van der Waals surface area contributed by atoms with Gasteiger partial charge in [0, 0.05) is 11.8 Å². The number of hydrogen-bond donors (Lipinski definition) is 2. The van der Waals surface area contributed by atoms with Gasteiger partial charge in [0.25, 0.3) is 0 Å². The van der Waals surface area contributed by atoms with E-state index in [1.165, 1.54) is 0 Å². The van der Waals surface area contributed by atoms with E-state index in [1.807, 2.05) is 24.3 Å². The standard InChI is InChI=1S/C15H18N2O2/c18-15(9-11-5-7-16-8-6-11)17-13-10-19-14-4-2-1-3-12(13)14/h1-4,10-11,16H,5-9H2,(H,17,18). The minimum absolute atomic E-state index is 0.0819. The summed E-state index contributed by atoms with van der Waals surface area (Å²) in [5.74, 6) is 0.581. The average molecular weight is 258 g/mol. The normalized spacial score (nSPS) is 16.6.